The molecule has 0 saturated carbocycles. The zero-order valence-corrected chi connectivity index (χ0v) is 17.9. The van der Waals surface area contributed by atoms with Gasteiger partial charge < -0.3 is 19.5 Å². The third-order valence-electron chi connectivity index (χ3n) is 4.02. The van der Waals surface area contributed by atoms with Crippen molar-refractivity contribution in [3.63, 3.8) is 0 Å². The first-order valence-electron chi connectivity index (χ1n) is 9.66. The van der Waals surface area contributed by atoms with Gasteiger partial charge in [0, 0.05) is 12.1 Å². The summed E-state index contributed by atoms with van der Waals surface area (Å²) in [6.07, 6.45) is -1.55. The van der Waals surface area contributed by atoms with E-state index in [9.17, 15) is 19.7 Å². The first-order chi connectivity index (χ1) is 14.5. The van der Waals surface area contributed by atoms with Gasteiger partial charge >= 0.3 is 12.1 Å². The molecule has 0 aliphatic rings. The third kappa shape index (κ3) is 8.06. The number of nitrogens with zero attached hydrogens (tertiary/aromatic N) is 1. The molecule has 2 aromatic carbocycles. The molecular formula is C22H26N2O7. The van der Waals surface area contributed by atoms with Crippen molar-refractivity contribution >= 4 is 17.7 Å². The van der Waals surface area contributed by atoms with Crippen LogP contribution in [0.3, 0.4) is 0 Å². The van der Waals surface area contributed by atoms with Crippen LogP contribution in [0.1, 0.15) is 33.3 Å². The molecular weight excluding hydrogens is 404 g/mol. The molecule has 1 amide bonds. The molecule has 9 heteroatoms. The second-order valence-corrected chi connectivity index (χ2v) is 7.80. The van der Waals surface area contributed by atoms with E-state index in [0.29, 0.717) is 0 Å². The first kappa shape index (κ1) is 23.8. The first-order valence-corrected chi connectivity index (χ1v) is 9.66. The van der Waals surface area contributed by atoms with Crippen molar-refractivity contribution in [3.8, 4) is 5.75 Å². The highest BCUT2D eigenvalue weighted by Gasteiger charge is 2.31. The molecule has 0 saturated heterocycles. The van der Waals surface area contributed by atoms with Crippen LogP contribution in [0.15, 0.2) is 54.6 Å². The zero-order chi connectivity index (χ0) is 23.0. The van der Waals surface area contributed by atoms with Crippen LogP contribution in [-0.2, 0) is 20.9 Å². The Morgan fingerprint density at radius 1 is 1.06 bits per heavy atom. The third-order valence-corrected chi connectivity index (χ3v) is 4.02. The van der Waals surface area contributed by atoms with Gasteiger partial charge in [0.05, 0.1) is 17.6 Å². The van der Waals surface area contributed by atoms with Crippen LogP contribution in [0.2, 0.25) is 0 Å². The average Bonchev–Trinajstić information content (AvgIpc) is 2.70. The maximum atomic E-state index is 12.8. The molecule has 0 radical (unpaired) electrons. The highest BCUT2D eigenvalue weighted by Crippen LogP contribution is 2.19. The molecule has 0 bridgehead atoms. The van der Waals surface area contributed by atoms with E-state index >= 15 is 0 Å². The van der Waals surface area contributed by atoms with Crippen LogP contribution in [0, 0.1) is 10.1 Å². The van der Waals surface area contributed by atoms with Crippen LogP contribution in [0.25, 0.3) is 0 Å². The number of rotatable bonds is 8. The fourth-order valence-electron chi connectivity index (χ4n) is 2.52. The molecule has 1 N–H and O–H groups in total. The van der Waals surface area contributed by atoms with Crippen molar-refractivity contribution in [1.29, 1.82) is 0 Å². The number of non-ortho nitro benzene ring substituents is 1. The maximum absolute atomic E-state index is 12.8. The van der Waals surface area contributed by atoms with E-state index in [1.54, 1.807) is 27.7 Å². The maximum Gasteiger partial charge on any atom is 0.408 e. The number of benzene rings is 2. The Hall–Kier alpha value is -3.46. The van der Waals surface area contributed by atoms with Crippen LogP contribution >= 0.6 is 0 Å². The van der Waals surface area contributed by atoms with Crippen LogP contribution < -0.4 is 10.1 Å². The summed E-state index contributed by atoms with van der Waals surface area (Å²) in [7, 11) is 0. The van der Waals surface area contributed by atoms with Crippen molar-refractivity contribution in [3.05, 3.63) is 70.3 Å². The van der Waals surface area contributed by atoms with Crippen molar-refractivity contribution < 1.29 is 28.7 Å². The van der Waals surface area contributed by atoms with Gasteiger partial charge in [-0.25, -0.2) is 9.59 Å². The minimum absolute atomic E-state index is 0.0989. The van der Waals surface area contributed by atoms with Gasteiger partial charge in [-0.1, -0.05) is 30.3 Å². The number of hydrogen-bond acceptors (Lipinski definition) is 7. The van der Waals surface area contributed by atoms with Crippen molar-refractivity contribution in [2.24, 2.45) is 0 Å². The number of carbonyl (C=O) groups is 2. The molecule has 9 nitrogen and oxygen atoms in total. The molecule has 0 heterocycles. The molecule has 31 heavy (non-hydrogen) atoms. The summed E-state index contributed by atoms with van der Waals surface area (Å²) in [4.78, 5) is 35.3. The summed E-state index contributed by atoms with van der Waals surface area (Å²) >= 11 is 0. The Morgan fingerprint density at radius 2 is 1.68 bits per heavy atom. The van der Waals surface area contributed by atoms with Gasteiger partial charge in [-0.3, -0.25) is 10.1 Å². The van der Waals surface area contributed by atoms with Crippen molar-refractivity contribution in [2.45, 2.75) is 52.0 Å². The SMILES string of the molecule is C[C@@H](OCc1ccccc1)[C@H](NC(=O)OC(C)(C)C)C(=O)Oc1ccc([N+](=O)[O-])cc1. The average molecular weight is 430 g/mol. The van der Waals surface area contributed by atoms with E-state index in [1.165, 1.54) is 24.3 Å². The summed E-state index contributed by atoms with van der Waals surface area (Å²) in [5, 5.41) is 13.3. The second-order valence-electron chi connectivity index (χ2n) is 7.80. The number of nitro groups is 1. The van der Waals surface area contributed by atoms with Gasteiger partial charge in [0.2, 0.25) is 0 Å². The van der Waals surface area contributed by atoms with Gasteiger partial charge in [-0.2, -0.15) is 0 Å². The number of nitro benzene ring substituents is 1. The predicted octanol–water partition coefficient (Wildman–Crippen LogP) is 4.00. The number of carbonyl (C=O) groups excluding carboxylic acids is 2. The highest BCUT2D eigenvalue weighted by atomic mass is 16.6. The van der Waals surface area contributed by atoms with Gasteiger partial charge in [0.25, 0.3) is 5.69 Å². The lowest BCUT2D eigenvalue weighted by Gasteiger charge is -2.26. The number of ether oxygens (including phenoxy) is 3. The molecule has 0 spiro atoms. The largest absolute Gasteiger partial charge is 0.444 e. The number of alkyl carbamates (subject to hydrolysis) is 1. The van der Waals surface area contributed by atoms with Gasteiger partial charge in [-0.05, 0) is 45.4 Å². The molecule has 2 aromatic rings. The van der Waals surface area contributed by atoms with Gasteiger partial charge in [-0.15, -0.1) is 0 Å². The number of hydrogen-bond donors (Lipinski definition) is 1. The van der Waals surface area contributed by atoms with Crippen molar-refractivity contribution in [1.82, 2.24) is 5.32 Å². The monoisotopic (exact) mass is 430 g/mol. The fourth-order valence-corrected chi connectivity index (χ4v) is 2.52. The summed E-state index contributed by atoms with van der Waals surface area (Å²) in [6.45, 7) is 6.95. The molecule has 0 unspecified atom stereocenters. The van der Waals surface area contributed by atoms with Crippen LogP contribution in [-0.4, -0.2) is 34.7 Å². The fraction of sp³-hybridized carbons (Fsp3) is 0.364. The Kier molecular flexibility index (Phi) is 8.09. The number of amides is 1. The normalized spacial score (nSPS) is 13.0. The molecule has 0 aliphatic carbocycles. The summed E-state index contributed by atoms with van der Waals surface area (Å²) in [6, 6.07) is 13.2. The molecule has 166 valence electrons. The number of esters is 1. The van der Waals surface area contributed by atoms with E-state index in [1.807, 2.05) is 30.3 Å². The molecule has 0 aromatic heterocycles. The summed E-state index contributed by atoms with van der Waals surface area (Å²) in [5.74, 6) is -0.692. The van der Waals surface area contributed by atoms with Gasteiger partial charge in [0.1, 0.15) is 11.4 Å². The minimum atomic E-state index is -1.17. The standard InChI is InChI=1S/C22H26N2O7/c1-15(29-14-16-8-6-5-7-9-16)19(23-21(26)31-22(2,3)4)20(25)30-18-12-10-17(11-13-18)24(27)28/h5-13,15,19H,14H2,1-4H3,(H,23,26)/t15-,19+/m1/s1. The van der Waals surface area contributed by atoms with Crippen LogP contribution in [0.4, 0.5) is 10.5 Å². The Labute approximate surface area is 180 Å². The van der Waals surface area contributed by atoms with E-state index in [4.69, 9.17) is 14.2 Å². The molecule has 0 aliphatic heterocycles. The topological polar surface area (TPSA) is 117 Å². The van der Waals surface area contributed by atoms with Crippen LogP contribution in [0.5, 0.6) is 5.75 Å². The lowest BCUT2D eigenvalue weighted by molar-refractivity contribution is -0.384. The summed E-state index contributed by atoms with van der Waals surface area (Å²) < 4.78 is 16.3. The lowest BCUT2D eigenvalue weighted by Crippen LogP contribution is -2.51. The lowest BCUT2D eigenvalue weighted by atomic mass is 10.1. The van der Waals surface area contributed by atoms with E-state index in [-0.39, 0.29) is 18.0 Å². The quantitative estimate of drug-likeness (QED) is 0.291. The smallest absolute Gasteiger partial charge is 0.408 e. The van der Waals surface area contributed by atoms with E-state index in [0.717, 1.165) is 5.56 Å². The summed E-state index contributed by atoms with van der Waals surface area (Å²) in [5.41, 5.74) is 0.00212. The zero-order valence-electron chi connectivity index (χ0n) is 17.9. The van der Waals surface area contributed by atoms with E-state index in [2.05, 4.69) is 5.32 Å². The second kappa shape index (κ2) is 10.5. The van der Waals surface area contributed by atoms with Crippen molar-refractivity contribution in [2.75, 3.05) is 0 Å². The number of nitrogens with one attached hydrogen (secondary N) is 1. The predicted molar refractivity (Wildman–Crippen MR) is 113 cm³/mol. The van der Waals surface area contributed by atoms with E-state index < -0.39 is 34.7 Å². The molecule has 0 fully saturated rings. The Balaban J connectivity index is 2.11. The van der Waals surface area contributed by atoms with Gasteiger partial charge in [0.15, 0.2) is 6.04 Å². The molecule has 2 rings (SSSR count). The Bertz CT molecular complexity index is 892. The minimum Gasteiger partial charge on any atom is -0.444 e. The highest BCUT2D eigenvalue weighted by molar-refractivity contribution is 5.83. The molecule has 2 atom stereocenters. The Morgan fingerprint density at radius 3 is 2.23 bits per heavy atom.